The lowest BCUT2D eigenvalue weighted by atomic mass is 9.78. The fourth-order valence-electron chi connectivity index (χ4n) is 2.23. The Hall–Kier alpha value is 0.160. The van der Waals surface area contributed by atoms with Crippen LogP contribution in [0.5, 0.6) is 0 Å². The molecule has 102 valence electrons. The van der Waals surface area contributed by atoms with Crippen LogP contribution in [0.3, 0.4) is 0 Å². The molecule has 0 radical (unpaired) electrons. The van der Waals surface area contributed by atoms with E-state index < -0.39 is 15.6 Å². The standard InChI is InChI=1S/C11H22ClNO3S/c1-10-3-5-11(9-14,6-4-10)13-17(15,16)8-2-7-12/h10,13-14H,2-9H2,1H3. The summed E-state index contributed by atoms with van der Waals surface area (Å²) in [5.74, 6) is 0.986. The molecule has 0 heterocycles. The molecule has 0 amide bonds. The first-order valence-electron chi connectivity index (χ1n) is 6.11. The van der Waals surface area contributed by atoms with Crippen molar-refractivity contribution in [2.24, 2.45) is 5.92 Å². The number of halogens is 1. The molecule has 6 heteroatoms. The van der Waals surface area contributed by atoms with Gasteiger partial charge in [0.05, 0.1) is 17.9 Å². The van der Waals surface area contributed by atoms with E-state index in [1.54, 1.807) is 0 Å². The third-order valence-corrected chi connectivity index (χ3v) is 5.29. The van der Waals surface area contributed by atoms with Gasteiger partial charge in [-0.25, -0.2) is 13.1 Å². The zero-order chi connectivity index (χ0) is 12.9. The number of aliphatic hydroxyl groups excluding tert-OH is 1. The first-order valence-corrected chi connectivity index (χ1v) is 8.30. The summed E-state index contributed by atoms with van der Waals surface area (Å²) in [4.78, 5) is 0. The van der Waals surface area contributed by atoms with Gasteiger partial charge in [0.25, 0.3) is 0 Å². The highest BCUT2D eigenvalue weighted by Crippen LogP contribution is 2.32. The van der Waals surface area contributed by atoms with Crippen molar-refractivity contribution in [1.82, 2.24) is 4.72 Å². The van der Waals surface area contributed by atoms with Gasteiger partial charge in [-0.05, 0) is 38.0 Å². The Morgan fingerprint density at radius 3 is 2.47 bits per heavy atom. The van der Waals surface area contributed by atoms with Crippen LogP contribution in [-0.2, 0) is 10.0 Å². The van der Waals surface area contributed by atoms with E-state index in [-0.39, 0.29) is 12.4 Å². The fourth-order valence-corrected chi connectivity index (χ4v) is 4.08. The Balaban J connectivity index is 2.62. The maximum atomic E-state index is 11.8. The summed E-state index contributed by atoms with van der Waals surface area (Å²) in [7, 11) is -3.33. The van der Waals surface area contributed by atoms with Crippen LogP contribution in [0.15, 0.2) is 0 Å². The summed E-state index contributed by atoms with van der Waals surface area (Å²) < 4.78 is 26.3. The zero-order valence-electron chi connectivity index (χ0n) is 10.3. The lowest BCUT2D eigenvalue weighted by Gasteiger charge is -2.38. The molecule has 0 aliphatic heterocycles. The molecular formula is C11H22ClNO3S. The van der Waals surface area contributed by atoms with Crippen molar-refractivity contribution < 1.29 is 13.5 Å². The Labute approximate surface area is 109 Å². The number of aliphatic hydroxyl groups is 1. The largest absolute Gasteiger partial charge is 0.394 e. The highest BCUT2D eigenvalue weighted by molar-refractivity contribution is 7.89. The monoisotopic (exact) mass is 283 g/mol. The molecule has 0 bridgehead atoms. The number of hydrogen-bond donors (Lipinski definition) is 2. The molecule has 1 rings (SSSR count). The summed E-state index contributed by atoms with van der Waals surface area (Å²) in [6.45, 7) is 2.03. The fraction of sp³-hybridized carbons (Fsp3) is 1.00. The highest BCUT2D eigenvalue weighted by atomic mass is 35.5. The number of hydrogen-bond acceptors (Lipinski definition) is 3. The van der Waals surface area contributed by atoms with E-state index >= 15 is 0 Å². The van der Waals surface area contributed by atoms with Gasteiger partial charge < -0.3 is 5.11 Å². The van der Waals surface area contributed by atoms with Gasteiger partial charge in [-0.15, -0.1) is 11.6 Å². The molecule has 1 aliphatic carbocycles. The maximum Gasteiger partial charge on any atom is 0.212 e. The van der Waals surface area contributed by atoms with E-state index in [2.05, 4.69) is 11.6 Å². The van der Waals surface area contributed by atoms with Crippen LogP contribution in [-0.4, -0.2) is 37.3 Å². The minimum absolute atomic E-state index is 0.0355. The molecule has 2 N–H and O–H groups in total. The van der Waals surface area contributed by atoms with E-state index in [9.17, 15) is 13.5 Å². The Morgan fingerprint density at radius 2 is 2.00 bits per heavy atom. The zero-order valence-corrected chi connectivity index (χ0v) is 11.9. The molecule has 1 fully saturated rings. The van der Waals surface area contributed by atoms with Gasteiger partial charge in [0.15, 0.2) is 0 Å². The van der Waals surface area contributed by atoms with Gasteiger partial charge in [-0.3, -0.25) is 0 Å². The van der Waals surface area contributed by atoms with Gasteiger partial charge in [0.2, 0.25) is 10.0 Å². The Kier molecular flexibility index (Phi) is 5.70. The van der Waals surface area contributed by atoms with Gasteiger partial charge >= 0.3 is 0 Å². The molecule has 1 aliphatic rings. The van der Waals surface area contributed by atoms with Gasteiger partial charge in [0, 0.05) is 5.88 Å². The summed E-state index contributed by atoms with van der Waals surface area (Å²) in [6, 6.07) is 0. The maximum absolute atomic E-state index is 11.8. The summed E-state index contributed by atoms with van der Waals surface area (Å²) in [6.07, 6.45) is 3.78. The van der Waals surface area contributed by atoms with Crippen LogP contribution >= 0.6 is 11.6 Å². The number of rotatable bonds is 6. The average molecular weight is 284 g/mol. The topological polar surface area (TPSA) is 66.4 Å². The minimum Gasteiger partial charge on any atom is -0.394 e. The lowest BCUT2D eigenvalue weighted by molar-refractivity contribution is 0.125. The molecular weight excluding hydrogens is 262 g/mol. The highest BCUT2D eigenvalue weighted by Gasteiger charge is 2.36. The summed E-state index contributed by atoms with van der Waals surface area (Å²) in [5, 5.41) is 9.46. The van der Waals surface area contributed by atoms with Crippen LogP contribution in [0.25, 0.3) is 0 Å². The SMILES string of the molecule is CC1CCC(CO)(NS(=O)(=O)CCCCl)CC1. The molecule has 0 aromatic rings. The molecule has 0 spiro atoms. The van der Waals surface area contributed by atoms with E-state index in [4.69, 9.17) is 11.6 Å². The van der Waals surface area contributed by atoms with E-state index in [0.29, 0.717) is 31.1 Å². The van der Waals surface area contributed by atoms with Crippen LogP contribution in [0.2, 0.25) is 0 Å². The minimum atomic E-state index is -3.33. The van der Waals surface area contributed by atoms with Crippen molar-refractivity contribution in [3.63, 3.8) is 0 Å². The van der Waals surface area contributed by atoms with Crippen LogP contribution in [0.1, 0.15) is 39.0 Å². The number of sulfonamides is 1. The second kappa shape index (κ2) is 6.36. The second-order valence-corrected chi connectivity index (χ2v) is 7.30. The van der Waals surface area contributed by atoms with Gasteiger partial charge in [-0.2, -0.15) is 0 Å². The summed E-state index contributed by atoms with van der Waals surface area (Å²) in [5.41, 5.74) is -0.641. The first kappa shape index (κ1) is 15.2. The molecule has 4 nitrogen and oxygen atoms in total. The van der Waals surface area contributed by atoms with Crippen molar-refractivity contribution in [3.8, 4) is 0 Å². The van der Waals surface area contributed by atoms with Crippen molar-refractivity contribution in [2.45, 2.75) is 44.6 Å². The predicted octanol–water partition coefficient (Wildman–Crippen LogP) is 1.48. The Bertz CT molecular complexity index is 324. The molecule has 0 aromatic heterocycles. The van der Waals surface area contributed by atoms with E-state index in [1.165, 1.54) is 0 Å². The second-order valence-electron chi connectivity index (χ2n) is 5.08. The average Bonchev–Trinajstić information content (AvgIpc) is 2.30. The summed E-state index contributed by atoms with van der Waals surface area (Å²) >= 11 is 5.50. The van der Waals surface area contributed by atoms with E-state index in [1.807, 2.05) is 0 Å². The lowest BCUT2D eigenvalue weighted by Crippen LogP contribution is -2.53. The predicted molar refractivity (Wildman–Crippen MR) is 69.7 cm³/mol. The van der Waals surface area contributed by atoms with Crippen LogP contribution < -0.4 is 4.72 Å². The van der Waals surface area contributed by atoms with Gasteiger partial charge in [-0.1, -0.05) is 6.92 Å². The number of nitrogens with one attached hydrogen (secondary N) is 1. The third kappa shape index (κ3) is 4.73. The first-order chi connectivity index (χ1) is 7.93. The van der Waals surface area contributed by atoms with Crippen molar-refractivity contribution in [1.29, 1.82) is 0 Å². The molecule has 0 unspecified atom stereocenters. The molecule has 0 saturated heterocycles. The van der Waals surface area contributed by atoms with Crippen LogP contribution in [0, 0.1) is 5.92 Å². The number of alkyl halides is 1. The molecule has 0 atom stereocenters. The van der Waals surface area contributed by atoms with Crippen molar-refractivity contribution >= 4 is 21.6 Å². The quantitative estimate of drug-likeness (QED) is 0.726. The third-order valence-electron chi connectivity index (χ3n) is 3.45. The van der Waals surface area contributed by atoms with Crippen LogP contribution in [0.4, 0.5) is 0 Å². The smallest absolute Gasteiger partial charge is 0.212 e. The molecule has 0 aromatic carbocycles. The van der Waals surface area contributed by atoms with Crippen molar-refractivity contribution in [2.75, 3.05) is 18.2 Å². The normalized spacial score (nSPS) is 30.4. The van der Waals surface area contributed by atoms with Gasteiger partial charge in [0.1, 0.15) is 0 Å². The molecule has 1 saturated carbocycles. The molecule has 17 heavy (non-hydrogen) atoms. The Morgan fingerprint density at radius 1 is 1.41 bits per heavy atom. The van der Waals surface area contributed by atoms with Crippen molar-refractivity contribution in [3.05, 3.63) is 0 Å². The van der Waals surface area contributed by atoms with E-state index in [0.717, 1.165) is 12.8 Å².